The van der Waals surface area contributed by atoms with Crippen molar-refractivity contribution in [2.24, 2.45) is 5.92 Å². The summed E-state index contributed by atoms with van der Waals surface area (Å²) in [5.41, 5.74) is 0.384. The molecule has 7 heteroatoms. The number of hydrogen-bond donors (Lipinski definition) is 1. The highest BCUT2D eigenvalue weighted by Gasteiger charge is 2.34. The maximum absolute atomic E-state index is 12.5. The molecule has 0 saturated carbocycles. The van der Waals surface area contributed by atoms with E-state index < -0.39 is 0 Å². The van der Waals surface area contributed by atoms with Gasteiger partial charge in [-0.2, -0.15) is 0 Å². The van der Waals surface area contributed by atoms with E-state index in [1.807, 2.05) is 13.0 Å². The fraction of sp³-hybridized carbons (Fsp3) is 0.412. The molecule has 0 radical (unpaired) electrons. The zero-order chi connectivity index (χ0) is 17.3. The van der Waals surface area contributed by atoms with E-state index in [2.05, 4.69) is 9.97 Å². The predicted octanol–water partition coefficient (Wildman–Crippen LogP) is 0.750. The monoisotopic (exact) mass is 328 g/mol. The molecule has 2 amide bonds. The number of likely N-dealkylation sites (tertiary alicyclic amines) is 1. The minimum Gasteiger partial charge on any atom is -0.342 e. The first kappa shape index (κ1) is 16.2. The second-order valence-electron chi connectivity index (χ2n) is 6.06. The van der Waals surface area contributed by atoms with Crippen molar-refractivity contribution >= 4 is 22.7 Å². The third-order valence-electron chi connectivity index (χ3n) is 4.37. The molecule has 1 aromatic heterocycles. The van der Waals surface area contributed by atoms with Gasteiger partial charge in [-0.15, -0.1) is 0 Å². The van der Waals surface area contributed by atoms with Crippen molar-refractivity contribution in [1.29, 1.82) is 0 Å². The van der Waals surface area contributed by atoms with Crippen LogP contribution in [-0.2, 0) is 16.1 Å². The van der Waals surface area contributed by atoms with E-state index in [1.54, 1.807) is 30.1 Å². The van der Waals surface area contributed by atoms with E-state index in [1.165, 1.54) is 4.90 Å². The lowest BCUT2D eigenvalue weighted by Gasteiger charge is -2.20. The molecule has 126 valence electrons. The fourth-order valence-corrected chi connectivity index (χ4v) is 3.07. The molecule has 1 N–H and O–H groups in total. The van der Waals surface area contributed by atoms with Crippen LogP contribution < -0.4 is 5.56 Å². The van der Waals surface area contributed by atoms with Gasteiger partial charge in [-0.3, -0.25) is 14.4 Å². The summed E-state index contributed by atoms with van der Waals surface area (Å²) < 4.78 is 0. The molecular weight excluding hydrogens is 308 g/mol. The molecule has 1 aliphatic rings. The number of aromatic amines is 1. The van der Waals surface area contributed by atoms with E-state index in [0.717, 1.165) is 0 Å². The van der Waals surface area contributed by atoms with Crippen LogP contribution in [0.25, 0.3) is 10.9 Å². The quantitative estimate of drug-likeness (QED) is 0.897. The third-order valence-corrected chi connectivity index (χ3v) is 4.37. The number of carbonyl (C=O) groups is 2. The molecule has 2 heterocycles. The first-order valence-electron chi connectivity index (χ1n) is 8.00. The topological polar surface area (TPSA) is 86.4 Å². The second-order valence-corrected chi connectivity index (χ2v) is 6.06. The number of rotatable bonds is 4. The van der Waals surface area contributed by atoms with Gasteiger partial charge in [0.15, 0.2) is 0 Å². The van der Waals surface area contributed by atoms with Crippen molar-refractivity contribution in [2.45, 2.75) is 19.9 Å². The normalized spacial score (nSPS) is 17.5. The van der Waals surface area contributed by atoms with Crippen LogP contribution in [0.5, 0.6) is 0 Å². The van der Waals surface area contributed by atoms with Crippen molar-refractivity contribution in [1.82, 2.24) is 19.8 Å². The smallest absolute Gasteiger partial charge is 0.258 e. The van der Waals surface area contributed by atoms with Crippen LogP contribution in [0.3, 0.4) is 0 Å². The summed E-state index contributed by atoms with van der Waals surface area (Å²) in [6.45, 7) is 3.18. The Morgan fingerprint density at radius 3 is 2.83 bits per heavy atom. The largest absolute Gasteiger partial charge is 0.342 e. The molecule has 3 rings (SSSR count). The number of amides is 2. The molecule has 2 aromatic rings. The third kappa shape index (κ3) is 3.02. The highest BCUT2D eigenvalue weighted by Crippen LogP contribution is 2.20. The number of hydrogen-bond acceptors (Lipinski definition) is 4. The van der Waals surface area contributed by atoms with Gasteiger partial charge >= 0.3 is 0 Å². The summed E-state index contributed by atoms with van der Waals surface area (Å²) in [7, 11) is 1.66. The number of aromatic nitrogens is 2. The van der Waals surface area contributed by atoms with Gasteiger partial charge in [0.2, 0.25) is 11.8 Å². The average Bonchev–Trinajstić information content (AvgIpc) is 2.95. The van der Waals surface area contributed by atoms with E-state index in [9.17, 15) is 14.4 Å². The summed E-state index contributed by atoms with van der Waals surface area (Å²) in [6, 6.07) is 7.08. The lowest BCUT2D eigenvalue weighted by atomic mass is 10.1. The van der Waals surface area contributed by atoms with Crippen molar-refractivity contribution in [3.8, 4) is 0 Å². The Hall–Kier alpha value is -2.70. The van der Waals surface area contributed by atoms with Crippen LogP contribution in [0.4, 0.5) is 0 Å². The molecule has 24 heavy (non-hydrogen) atoms. The van der Waals surface area contributed by atoms with Gasteiger partial charge in [0.25, 0.3) is 5.56 Å². The number of nitrogens with zero attached hydrogens (tertiary/aromatic N) is 3. The average molecular weight is 328 g/mol. The Kier molecular flexibility index (Phi) is 4.33. The van der Waals surface area contributed by atoms with Gasteiger partial charge in [-0.25, -0.2) is 4.98 Å². The van der Waals surface area contributed by atoms with Crippen LogP contribution in [0.15, 0.2) is 29.1 Å². The second kappa shape index (κ2) is 6.43. The number of fused-ring (bicyclic) bond motifs is 1. The Balaban J connectivity index is 1.75. The summed E-state index contributed by atoms with van der Waals surface area (Å²) >= 11 is 0. The number of benzene rings is 1. The summed E-state index contributed by atoms with van der Waals surface area (Å²) in [4.78, 5) is 46.7. The minimum absolute atomic E-state index is 0.0153. The maximum Gasteiger partial charge on any atom is 0.258 e. The Morgan fingerprint density at radius 1 is 1.38 bits per heavy atom. The highest BCUT2D eigenvalue weighted by molar-refractivity contribution is 5.89. The molecule has 0 aliphatic carbocycles. The van der Waals surface area contributed by atoms with Crippen molar-refractivity contribution < 1.29 is 9.59 Å². The molecule has 0 bridgehead atoms. The fourth-order valence-electron chi connectivity index (χ4n) is 3.07. The van der Waals surface area contributed by atoms with E-state index >= 15 is 0 Å². The number of H-pyrrole nitrogens is 1. The van der Waals surface area contributed by atoms with Crippen LogP contribution in [0, 0.1) is 5.92 Å². The molecular formula is C17H20N4O3. The lowest BCUT2D eigenvalue weighted by Crippen LogP contribution is -2.35. The molecule has 1 aromatic carbocycles. The van der Waals surface area contributed by atoms with Gasteiger partial charge in [0.1, 0.15) is 5.82 Å². The molecule has 7 nitrogen and oxygen atoms in total. The Morgan fingerprint density at radius 2 is 2.12 bits per heavy atom. The van der Waals surface area contributed by atoms with E-state index in [-0.39, 0.29) is 36.3 Å². The SMILES string of the molecule is CCN1CC(C(=O)N(C)Cc2nc3ccccc3c(=O)[nH]2)CC1=O. The predicted molar refractivity (Wildman–Crippen MR) is 89.2 cm³/mol. The molecule has 1 fully saturated rings. The van der Waals surface area contributed by atoms with Crippen molar-refractivity contribution in [2.75, 3.05) is 20.1 Å². The van der Waals surface area contributed by atoms with Crippen molar-refractivity contribution in [3.05, 3.63) is 40.4 Å². The maximum atomic E-state index is 12.5. The van der Waals surface area contributed by atoms with E-state index in [4.69, 9.17) is 0 Å². The number of para-hydroxylation sites is 1. The molecule has 1 saturated heterocycles. The number of nitrogens with one attached hydrogen (secondary N) is 1. The van der Waals surface area contributed by atoms with Crippen molar-refractivity contribution in [3.63, 3.8) is 0 Å². The van der Waals surface area contributed by atoms with E-state index in [0.29, 0.717) is 29.8 Å². The van der Waals surface area contributed by atoms with Gasteiger partial charge in [0, 0.05) is 26.6 Å². The molecule has 1 aliphatic heterocycles. The molecule has 1 atom stereocenters. The minimum atomic E-state index is -0.324. The number of carbonyl (C=O) groups excluding carboxylic acids is 2. The standard InChI is InChI=1S/C17H20N4O3/c1-3-21-9-11(8-15(21)22)17(24)20(2)10-14-18-13-7-5-4-6-12(13)16(23)19-14/h4-7,11H,3,8-10H2,1-2H3,(H,18,19,23). The van der Waals surface area contributed by atoms with Crippen LogP contribution >= 0.6 is 0 Å². The zero-order valence-corrected chi connectivity index (χ0v) is 13.8. The van der Waals surface area contributed by atoms with Gasteiger partial charge in [-0.05, 0) is 19.1 Å². The van der Waals surface area contributed by atoms with Gasteiger partial charge < -0.3 is 14.8 Å². The Labute approximate surface area is 139 Å². The van der Waals surface area contributed by atoms with Crippen LogP contribution in [-0.4, -0.2) is 51.7 Å². The van der Waals surface area contributed by atoms with Gasteiger partial charge in [-0.1, -0.05) is 12.1 Å². The highest BCUT2D eigenvalue weighted by atomic mass is 16.2. The summed E-state index contributed by atoms with van der Waals surface area (Å²) in [5.74, 6) is 0.0254. The summed E-state index contributed by atoms with van der Waals surface area (Å²) in [6.07, 6.45) is 0.249. The zero-order valence-electron chi connectivity index (χ0n) is 13.8. The first-order valence-corrected chi connectivity index (χ1v) is 8.00. The first-order chi connectivity index (χ1) is 11.5. The van der Waals surface area contributed by atoms with Gasteiger partial charge in [0.05, 0.1) is 23.4 Å². The lowest BCUT2D eigenvalue weighted by molar-refractivity contribution is -0.135. The summed E-state index contributed by atoms with van der Waals surface area (Å²) in [5, 5.41) is 0.523. The molecule has 1 unspecified atom stereocenters. The molecule has 0 spiro atoms. The van der Waals surface area contributed by atoms with Crippen LogP contribution in [0.2, 0.25) is 0 Å². The van der Waals surface area contributed by atoms with Crippen LogP contribution in [0.1, 0.15) is 19.2 Å². The Bertz CT molecular complexity index is 845.